The molecule has 0 unspecified atom stereocenters. The minimum atomic E-state index is 0.208. The molecule has 0 saturated carbocycles. The second kappa shape index (κ2) is 12.1. The number of benzene rings is 2. The third-order valence-electron chi connectivity index (χ3n) is 6.61. The molecule has 2 aromatic carbocycles. The molecule has 194 valence electrons. The molecule has 5 rings (SSSR count). The molecular formula is C29H33N3O5. The molecule has 2 aliphatic rings. The van der Waals surface area contributed by atoms with Crippen molar-refractivity contribution in [3.8, 4) is 23.1 Å². The molecule has 0 aliphatic carbocycles. The maximum atomic E-state index is 12.8. The van der Waals surface area contributed by atoms with E-state index in [0.717, 1.165) is 61.1 Å². The molecule has 0 bridgehead atoms. The van der Waals surface area contributed by atoms with Crippen molar-refractivity contribution >= 4 is 5.91 Å². The van der Waals surface area contributed by atoms with Crippen LogP contribution in [0.1, 0.15) is 30.0 Å². The fourth-order valence-corrected chi connectivity index (χ4v) is 4.48. The minimum absolute atomic E-state index is 0.208. The maximum Gasteiger partial charge on any atom is 0.231 e. The highest BCUT2D eigenvalue weighted by Gasteiger charge is 2.22. The van der Waals surface area contributed by atoms with Gasteiger partial charge in [0.05, 0.1) is 6.61 Å². The molecule has 37 heavy (non-hydrogen) atoms. The van der Waals surface area contributed by atoms with Gasteiger partial charge in [0.25, 0.3) is 0 Å². The summed E-state index contributed by atoms with van der Waals surface area (Å²) < 4.78 is 22.1. The number of nitrogens with zero attached hydrogens (tertiary/aromatic N) is 3. The van der Waals surface area contributed by atoms with Crippen molar-refractivity contribution in [3.63, 3.8) is 0 Å². The van der Waals surface area contributed by atoms with Gasteiger partial charge in [-0.25, -0.2) is 4.98 Å². The molecule has 1 amide bonds. The lowest BCUT2D eigenvalue weighted by Crippen LogP contribution is -2.48. The molecule has 1 saturated heterocycles. The van der Waals surface area contributed by atoms with Crippen molar-refractivity contribution in [1.29, 1.82) is 0 Å². The van der Waals surface area contributed by atoms with Crippen LogP contribution in [-0.2, 0) is 29.1 Å². The Morgan fingerprint density at radius 3 is 2.43 bits per heavy atom. The monoisotopic (exact) mass is 503 g/mol. The van der Waals surface area contributed by atoms with Crippen molar-refractivity contribution in [2.75, 3.05) is 39.6 Å². The second-order valence-electron chi connectivity index (χ2n) is 9.23. The normalized spacial score (nSPS) is 15.1. The lowest BCUT2D eigenvalue weighted by Gasteiger charge is -2.34. The number of hydrogen-bond acceptors (Lipinski definition) is 7. The third-order valence-corrected chi connectivity index (χ3v) is 6.61. The summed E-state index contributed by atoms with van der Waals surface area (Å²) in [6.45, 7) is 7.58. The second-order valence-corrected chi connectivity index (χ2v) is 9.23. The largest absolute Gasteiger partial charge is 0.454 e. The number of amides is 1. The molecule has 3 aromatic rings. The van der Waals surface area contributed by atoms with Crippen molar-refractivity contribution in [2.45, 2.75) is 32.9 Å². The van der Waals surface area contributed by atoms with Gasteiger partial charge in [-0.2, -0.15) is 0 Å². The van der Waals surface area contributed by atoms with Crippen molar-refractivity contribution in [3.05, 3.63) is 77.5 Å². The van der Waals surface area contributed by atoms with E-state index in [1.165, 1.54) is 5.56 Å². The van der Waals surface area contributed by atoms with E-state index in [1.807, 2.05) is 60.4 Å². The fourth-order valence-electron chi connectivity index (χ4n) is 4.48. The first-order valence-electron chi connectivity index (χ1n) is 12.8. The predicted molar refractivity (Wildman–Crippen MR) is 139 cm³/mol. The first-order valence-corrected chi connectivity index (χ1v) is 12.8. The van der Waals surface area contributed by atoms with Gasteiger partial charge in [-0.3, -0.25) is 9.69 Å². The molecule has 1 aromatic heterocycles. The zero-order valence-corrected chi connectivity index (χ0v) is 21.2. The van der Waals surface area contributed by atoms with Crippen LogP contribution in [0.4, 0.5) is 0 Å². The minimum Gasteiger partial charge on any atom is -0.454 e. The lowest BCUT2D eigenvalue weighted by molar-refractivity contribution is -0.133. The Hall–Kier alpha value is -3.62. The van der Waals surface area contributed by atoms with E-state index in [4.69, 9.17) is 18.9 Å². The number of hydrogen-bond donors (Lipinski definition) is 0. The predicted octanol–water partition coefficient (Wildman–Crippen LogP) is 4.42. The van der Waals surface area contributed by atoms with Crippen molar-refractivity contribution in [1.82, 2.24) is 14.8 Å². The van der Waals surface area contributed by atoms with E-state index in [9.17, 15) is 4.79 Å². The van der Waals surface area contributed by atoms with Gasteiger partial charge in [0.1, 0.15) is 5.75 Å². The summed E-state index contributed by atoms with van der Waals surface area (Å²) >= 11 is 0. The summed E-state index contributed by atoms with van der Waals surface area (Å²) in [4.78, 5) is 21.5. The van der Waals surface area contributed by atoms with Crippen LogP contribution in [0.2, 0.25) is 0 Å². The Kier molecular flexibility index (Phi) is 8.18. The fraction of sp³-hybridized carbons (Fsp3) is 0.379. The molecule has 0 radical (unpaired) electrons. The zero-order chi connectivity index (χ0) is 25.5. The van der Waals surface area contributed by atoms with Gasteiger partial charge in [0, 0.05) is 58.0 Å². The number of aromatic nitrogens is 1. The average molecular weight is 504 g/mol. The number of fused-ring (bicyclic) bond motifs is 1. The van der Waals surface area contributed by atoms with E-state index < -0.39 is 0 Å². The van der Waals surface area contributed by atoms with Crippen LogP contribution in [0.15, 0.2) is 60.8 Å². The van der Waals surface area contributed by atoms with Crippen molar-refractivity contribution in [2.24, 2.45) is 0 Å². The summed E-state index contributed by atoms with van der Waals surface area (Å²) in [6.07, 6.45) is 2.98. The van der Waals surface area contributed by atoms with E-state index in [0.29, 0.717) is 38.7 Å². The molecule has 8 nitrogen and oxygen atoms in total. The van der Waals surface area contributed by atoms with E-state index in [1.54, 1.807) is 6.20 Å². The lowest BCUT2D eigenvalue weighted by atomic mass is 10.1. The quantitative estimate of drug-likeness (QED) is 0.406. The Bertz CT molecular complexity index is 1180. The smallest absolute Gasteiger partial charge is 0.231 e. The number of aryl methyl sites for hydroxylation is 1. The SMILES string of the molecule is CCOCc1ccc(Oc2ccc(CCC(=O)N3CCN(Cc4ccc5c(c4)OCO5)CC3)cc2)nc1. The van der Waals surface area contributed by atoms with Crippen LogP contribution in [0, 0.1) is 0 Å². The highest BCUT2D eigenvalue weighted by Crippen LogP contribution is 2.33. The summed E-state index contributed by atoms with van der Waals surface area (Å²) in [5, 5.41) is 0. The molecule has 1 fully saturated rings. The van der Waals surface area contributed by atoms with Gasteiger partial charge in [-0.15, -0.1) is 0 Å². The zero-order valence-electron chi connectivity index (χ0n) is 21.2. The van der Waals surface area contributed by atoms with Gasteiger partial charge in [-0.05, 0) is 60.4 Å². The van der Waals surface area contributed by atoms with Gasteiger partial charge in [0.2, 0.25) is 18.6 Å². The number of rotatable bonds is 10. The summed E-state index contributed by atoms with van der Waals surface area (Å²) in [7, 11) is 0. The molecule has 0 N–H and O–H groups in total. The van der Waals surface area contributed by atoms with Crippen molar-refractivity contribution < 1.29 is 23.7 Å². The molecule has 8 heteroatoms. The Morgan fingerprint density at radius 1 is 0.919 bits per heavy atom. The Morgan fingerprint density at radius 2 is 1.68 bits per heavy atom. The number of piperazine rings is 1. The van der Waals surface area contributed by atoms with Gasteiger partial charge in [0.15, 0.2) is 11.5 Å². The van der Waals surface area contributed by atoms with Gasteiger partial charge < -0.3 is 23.8 Å². The first kappa shape index (κ1) is 25.0. The maximum absolute atomic E-state index is 12.8. The van der Waals surface area contributed by atoms with Crippen LogP contribution >= 0.6 is 0 Å². The number of carbonyl (C=O) groups is 1. The Labute approximate surface area is 217 Å². The van der Waals surface area contributed by atoms with Crippen LogP contribution in [0.25, 0.3) is 0 Å². The Balaban J connectivity index is 1.03. The summed E-state index contributed by atoms with van der Waals surface area (Å²) in [6, 6.07) is 17.8. The topological polar surface area (TPSA) is 73.4 Å². The van der Waals surface area contributed by atoms with Gasteiger partial charge in [-0.1, -0.05) is 18.2 Å². The van der Waals surface area contributed by atoms with Crippen LogP contribution in [-0.4, -0.2) is 60.3 Å². The molecular weight excluding hydrogens is 470 g/mol. The number of pyridine rings is 1. The van der Waals surface area contributed by atoms with E-state index in [-0.39, 0.29) is 5.91 Å². The highest BCUT2D eigenvalue weighted by atomic mass is 16.7. The van der Waals surface area contributed by atoms with Crippen LogP contribution in [0.3, 0.4) is 0 Å². The number of carbonyl (C=O) groups excluding carboxylic acids is 1. The van der Waals surface area contributed by atoms with Gasteiger partial charge >= 0.3 is 0 Å². The van der Waals surface area contributed by atoms with Crippen LogP contribution in [0.5, 0.6) is 23.1 Å². The number of ether oxygens (including phenoxy) is 4. The molecule has 3 heterocycles. The molecule has 0 atom stereocenters. The third kappa shape index (κ3) is 6.78. The summed E-state index contributed by atoms with van der Waals surface area (Å²) in [5.41, 5.74) is 3.33. The first-order chi connectivity index (χ1) is 18.2. The molecule has 0 spiro atoms. The van der Waals surface area contributed by atoms with Crippen LogP contribution < -0.4 is 14.2 Å². The summed E-state index contributed by atoms with van der Waals surface area (Å²) in [5.74, 6) is 3.09. The average Bonchev–Trinajstić information content (AvgIpc) is 3.41. The van der Waals surface area contributed by atoms with E-state index in [2.05, 4.69) is 16.0 Å². The molecule has 2 aliphatic heterocycles. The standard InChI is InChI=1S/C29H33N3O5/c1-2-34-20-24-6-11-28(30-18-24)37-25-8-3-22(4-9-25)7-12-29(33)32-15-13-31(14-16-32)19-23-5-10-26-27(17-23)36-21-35-26/h3-6,8-11,17-18H,2,7,12-16,19-21H2,1H3. The highest BCUT2D eigenvalue weighted by molar-refractivity contribution is 5.76. The van der Waals surface area contributed by atoms with E-state index >= 15 is 0 Å².